The van der Waals surface area contributed by atoms with Gasteiger partial charge in [0.2, 0.25) is 5.88 Å². The summed E-state index contributed by atoms with van der Waals surface area (Å²) in [5, 5.41) is 11.4. The van der Waals surface area contributed by atoms with Crippen LogP contribution in [-0.2, 0) is 30.9 Å². The zero-order valence-electron chi connectivity index (χ0n) is 18.2. The molecule has 2 aliphatic rings. The van der Waals surface area contributed by atoms with Crippen LogP contribution in [0.1, 0.15) is 43.4 Å². The first-order valence-electron chi connectivity index (χ1n) is 10.8. The summed E-state index contributed by atoms with van der Waals surface area (Å²) in [6.07, 6.45) is 6.21. The van der Waals surface area contributed by atoms with Gasteiger partial charge < -0.3 is 20.1 Å². The molecule has 0 amide bonds. The number of nitrogens with one attached hydrogen (secondary N) is 2. The molecule has 1 aliphatic heterocycles. The van der Waals surface area contributed by atoms with Gasteiger partial charge in [-0.25, -0.2) is 19.6 Å². The van der Waals surface area contributed by atoms with E-state index in [1.54, 1.807) is 13.3 Å². The maximum absolute atomic E-state index is 5.78. The summed E-state index contributed by atoms with van der Waals surface area (Å²) >= 11 is 0. The summed E-state index contributed by atoms with van der Waals surface area (Å²) in [5.41, 5.74) is 1.08. The van der Waals surface area contributed by atoms with Gasteiger partial charge in [-0.15, -0.1) is 24.0 Å². The zero-order chi connectivity index (χ0) is 20.8. The minimum absolute atomic E-state index is 0. The number of ether oxygens (including phenoxy) is 2. The molecule has 4 rings (SSSR count). The Morgan fingerprint density at radius 1 is 1.32 bits per heavy atom. The van der Waals surface area contributed by atoms with Crippen LogP contribution in [0.4, 0.5) is 0 Å². The number of aliphatic imine (C=N–C) groups is 1. The summed E-state index contributed by atoms with van der Waals surface area (Å²) in [4.78, 5) is 13.6. The van der Waals surface area contributed by atoms with Gasteiger partial charge in [-0.2, -0.15) is 5.10 Å². The standard InChI is InChI=1S/C21H31N7O2.HI/c1-3-22-21(24-11-16-8-9-23-20(10-16)30-13-15-4-5-15)25-17-6-7-19-26-18(14-29-2)27-28(19)12-17;/h8-10,15,17H,3-7,11-14H2,1-2H3,(H2,22,24,25);1H. The Balaban J connectivity index is 0.00000272. The van der Waals surface area contributed by atoms with Crippen LogP contribution in [0.15, 0.2) is 23.3 Å². The molecule has 2 aromatic rings. The summed E-state index contributed by atoms with van der Waals surface area (Å²) in [6.45, 7) is 5.42. The number of aromatic nitrogens is 4. The van der Waals surface area contributed by atoms with E-state index >= 15 is 0 Å². The molecule has 0 bridgehead atoms. The van der Waals surface area contributed by atoms with Crippen LogP contribution in [0, 0.1) is 5.92 Å². The van der Waals surface area contributed by atoms with Gasteiger partial charge in [0, 0.05) is 38.4 Å². The van der Waals surface area contributed by atoms with Crippen molar-refractivity contribution in [3.8, 4) is 5.88 Å². The van der Waals surface area contributed by atoms with E-state index < -0.39 is 0 Å². The van der Waals surface area contributed by atoms with Gasteiger partial charge in [-0.1, -0.05) is 0 Å². The van der Waals surface area contributed by atoms with E-state index in [4.69, 9.17) is 14.5 Å². The van der Waals surface area contributed by atoms with Crippen molar-refractivity contribution in [1.82, 2.24) is 30.4 Å². The SMILES string of the molecule is CCNC(=NCc1ccnc(OCC2CC2)c1)NC1CCc2nc(COC)nn2C1.I. The first-order chi connectivity index (χ1) is 14.7. The Kier molecular flexibility index (Phi) is 8.88. The minimum Gasteiger partial charge on any atom is -0.477 e. The number of halogens is 1. The number of hydrogen-bond acceptors (Lipinski definition) is 6. The Bertz CT molecular complexity index is 869. The highest BCUT2D eigenvalue weighted by Crippen LogP contribution is 2.29. The van der Waals surface area contributed by atoms with Crippen LogP contribution in [0.25, 0.3) is 0 Å². The molecule has 1 atom stereocenters. The van der Waals surface area contributed by atoms with Gasteiger partial charge in [0.1, 0.15) is 12.4 Å². The molecule has 0 radical (unpaired) electrons. The van der Waals surface area contributed by atoms with Crippen molar-refractivity contribution in [2.24, 2.45) is 10.9 Å². The fourth-order valence-corrected chi connectivity index (χ4v) is 3.47. The van der Waals surface area contributed by atoms with Gasteiger partial charge in [-0.05, 0) is 43.7 Å². The van der Waals surface area contributed by atoms with Crippen molar-refractivity contribution in [2.75, 3.05) is 20.3 Å². The zero-order valence-corrected chi connectivity index (χ0v) is 20.5. The second-order valence-electron chi connectivity index (χ2n) is 7.89. The van der Waals surface area contributed by atoms with Gasteiger partial charge >= 0.3 is 0 Å². The predicted octanol–water partition coefficient (Wildman–Crippen LogP) is 2.30. The number of nitrogens with zero attached hydrogens (tertiary/aromatic N) is 5. The minimum atomic E-state index is 0. The molecule has 1 saturated carbocycles. The fourth-order valence-electron chi connectivity index (χ4n) is 3.47. The van der Waals surface area contributed by atoms with Gasteiger partial charge in [0.25, 0.3) is 0 Å². The van der Waals surface area contributed by atoms with E-state index in [2.05, 4.69) is 32.6 Å². The lowest BCUT2D eigenvalue weighted by Gasteiger charge is -2.25. The molecule has 1 fully saturated rings. The molecular formula is C21H32IN7O2. The second kappa shape index (κ2) is 11.6. The van der Waals surface area contributed by atoms with E-state index in [1.165, 1.54) is 12.8 Å². The predicted molar refractivity (Wildman–Crippen MR) is 129 cm³/mol. The second-order valence-corrected chi connectivity index (χ2v) is 7.89. The van der Waals surface area contributed by atoms with E-state index in [-0.39, 0.29) is 30.0 Å². The third-order valence-electron chi connectivity index (χ3n) is 5.24. The number of hydrogen-bond donors (Lipinski definition) is 2. The topological polar surface area (TPSA) is 98.5 Å². The number of rotatable bonds is 9. The van der Waals surface area contributed by atoms with Crippen molar-refractivity contribution in [1.29, 1.82) is 0 Å². The number of methoxy groups -OCH3 is 1. The van der Waals surface area contributed by atoms with Crippen molar-refractivity contribution in [3.05, 3.63) is 35.5 Å². The van der Waals surface area contributed by atoms with Crippen molar-refractivity contribution < 1.29 is 9.47 Å². The van der Waals surface area contributed by atoms with Gasteiger partial charge in [-0.3, -0.25) is 0 Å². The third-order valence-corrected chi connectivity index (χ3v) is 5.24. The summed E-state index contributed by atoms with van der Waals surface area (Å²) in [5.74, 6) is 3.97. The van der Waals surface area contributed by atoms with E-state index in [9.17, 15) is 0 Å². The van der Waals surface area contributed by atoms with Crippen LogP contribution >= 0.6 is 24.0 Å². The van der Waals surface area contributed by atoms with Crippen LogP contribution in [0.5, 0.6) is 5.88 Å². The lowest BCUT2D eigenvalue weighted by atomic mass is 10.1. The molecule has 3 heterocycles. The summed E-state index contributed by atoms with van der Waals surface area (Å²) in [6, 6.07) is 4.22. The van der Waals surface area contributed by atoms with Crippen LogP contribution in [0.2, 0.25) is 0 Å². The summed E-state index contributed by atoms with van der Waals surface area (Å²) in [7, 11) is 1.66. The molecule has 0 saturated heterocycles. The van der Waals surface area contributed by atoms with Crippen molar-refractivity contribution in [3.63, 3.8) is 0 Å². The van der Waals surface area contributed by atoms with Crippen molar-refractivity contribution in [2.45, 2.75) is 58.3 Å². The van der Waals surface area contributed by atoms with Crippen molar-refractivity contribution >= 4 is 29.9 Å². The number of guanidine groups is 1. The lowest BCUT2D eigenvalue weighted by molar-refractivity contribution is 0.177. The highest BCUT2D eigenvalue weighted by Gasteiger charge is 2.23. The number of pyridine rings is 1. The highest BCUT2D eigenvalue weighted by molar-refractivity contribution is 14.0. The average molecular weight is 541 g/mol. The largest absolute Gasteiger partial charge is 0.477 e. The van der Waals surface area contributed by atoms with E-state index in [0.29, 0.717) is 24.9 Å². The van der Waals surface area contributed by atoms with Crippen LogP contribution in [-0.4, -0.2) is 52.0 Å². The van der Waals surface area contributed by atoms with Crippen LogP contribution in [0.3, 0.4) is 0 Å². The third kappa shape index (κ3) is 7.03. The smallest absolute Gasteiger partial charge is 0.213 e. The Morgan fingerprint density at radius 3 is 2.97 bits per heavy atom. The summed E-state index contributed by atoms with van der Waals surface area (Å²) < 4.78 is 12.9. The average Bonchev–Trinajstić information content (AvgIpc) is 3.50. The molecule has 10 heteroatoms. The first-order valence-corrected chi connectivity index (χ1v) is 10.8. The molecule has 0 aromatic carbocycles. The van der Waals surface area contributed by atoms with E-state index in [0.717, 1.165) is 55.7 Å². The normalized spacial score (nSPS) is 18.1. The maximum atomic E-state index is 5.78. The van der Waals surface area contributed by atoms with Gasteiger partial charge in [0.15, 0.2) is 11.8 Å². The first kappa shape index (κ1) is 23.7. The molecule has 1 unspecified atom stereocenters. The van der Waals surface area contributed by atoms with Gasteiger partial charge in [0.05, 0.1) is 19.7 Å². The molecule has 31 heavy (non-hydrogen) atoms. The monoisotopic (exact) mass is 541 g/mol. The highest BCUT2D eigenvalue weighted by atomic mass is 127. The molecule has 170 valence electrons. The molecule has 2 N–H and O–H groups in total. The number of aryl methyl sites for hydroxylation is 1. The molecule has 1 aliphatic carbocycles. The van der Waals surface area contributed by atoms with Crippen LogP contribution < -0.4 is 15.4 Å². The van der Waals surface area contributed by atoms with E-state index in [1.807, 2.05) is 16.8 Å². The fraction of sp³-hybridized carbons (Fsp3) is 0.619. The molecule has 2 aromatic heterocycles. The Morgan fingerprint density at radius 2 is 2.19 bits per heavy atom. The molecular weight excluding hydrogens is 509 g/mol. The maximum Gasteiger partial charge on any atom is 0.213 e. The quantitative estimate of drug-likeness (QED) is 0.286. The molecule has 9 nitrogen and oxygen atoms in total. The Labute approximate surface area is 200 Å². The Hall–Kier alpha value is -1.95. The lowest BCUT2D eigenvalue weighted by Crippen LogP contribution is -2.47. The molecule has 0 spiro atoms. The number of fused-ring (bicyclic) bond motifs is 1.